The molecule has 0 saturated carbocycles. The Morgan fingerprint density at radius 2 is 1.89 bits per heavy atom. The summed E-state index contributed by atoms with van der Waals surface area (Å²) in [7, 11) is 2.81. The van der Waals surface area contributed by atoms with Crippen molar-refractivity contribution < 1.29 is 14.7 Å². The second-order valence-electron chi connectivity index (χ2n) is 3.11. The molecule has 0 radical (unpaired) electrons. The van der Waals surface area contributed by atoms with Crippen molar-refractivity contribution in [2.45, 2.75) is 0 Å². The Morgan fingerprint density at radius 3 is 2.42 bits per heavy atom. The van der Waals surface area contributed by atoms with Crippen LogP contribution >= 0.6 is 0 Å². The minimum Gasteiger partial charge on any atom is -0.467 e. The van der Waals surface area contributed by atoms with Crippen LogP contribution in [0.3, 0.4) is 0 Å². The van der Waals surface area contributed by atoms with E-state index < -0.39 is 0 Å². The topological polar surface area (TPSA) is 146 Å². The molecule has 2 rings (SSSR count). The molecule has 0 saturated heterocycles. The van der Waals surface area contributed by atoms with Crippen molar-refractivity contribution in [1.29, 1.82) is 0 Å². The smallest absolute Gasteiger partial charge is 0.324 e. The maximum absolute atomic E-state index is 8.52. The van der Waals surface area contributed by atoms with Gasteiger partial charge in [-0.25, -0.2) is 4.98 Å². The van der Waals surface area contributed by atoms with Gasteiger partial charge in [0.25, 0.3) is 5.95 Å². The van der Waals surface area contributed by atoms with E-state index in [1.165, 1.54) is 25.2 Å². The fourth-order valence-electron chi connectivity index (χ4n) is 1.13. The van der Waals surface area contributed by atoms with Crippen molar-refractivity contribution in [2.24, 2.45) is 10.9 Å². The zero-order chi connectivity index (χ0) is 13.8. The van der Waals surface area contributed by atoms with E-state index in [9.17, 15) is 0 Å². The van der Waals surface area contributed by atoms with Gasteiger partial charge in [0.2, 0.25) is 11.7 Å². The molecule has 3 N–H and O–H groups in total. The number of methoxy groups -OCH3 is 2. The van der Waals surface area contributed by atoms with Crippen LogP contribution in [0.15, 0.2) is 11.5 Å². The molecule has 100 valence electrons. The van der Waals surface area contributed by atoms with Gasteiger partial charge in [0, 0.05) is 0 Å². The van der Waals surface area contributed by atoms with Crippen LogP contribution in [0.25, 0.3) is 5.95 Å². The number of oxime groups is 1. The predicted molar refractivity (Wildman–Crippen MR) is 60.4 cm³/mol. The second-order valence-corrected chi connectivity index (χ2v) is 3.11. The van der Waals surface area contributed by atoms with Crippen LogP contribution in [0.2, 0.25) is 0 Å². The first-order chi connectivity index (χ1) is 9.17. The number of rotatable bonds is 4. The Balaban J connectivity index is 2.43. The minimum absolute atomic E-state index is 0.0286. The van der Waals surface area contributed by atoms with Gasteiger partial charge in [0.15, 0.2) is 0 Å². The number of aromatic nitrogens is 6. The first-order valence-electron chi connectivity index (χ1n) is 4.92. The van der Waals surface area contributed by atoms with Crippen molar-refractivity contribution in [3.05, 3.63) is 12.2 Å². The lowest BCUT2D eigenvalue weighted by Gasteiger charge is -2.03. The van der Waals surface area contributed by atoms with E-state index in [-0.39, 0.29) is 29.6 Å². The van der Waals surface area contributed by atoms with Crippen molar-refractivity contribution in [1.82, 2.24) is 29.7 Å². The van der Waals surface area contributed by atoms with Gasteiger partial charge in [0.05, 0.1) is 14.2 Å². The summed E-state index contributed by atoms with van der Waals surface area (Å²) in [6.07, 6.45) is 1.29. The van der Waals surface area contributed by atoms with E-state index in [1.54, 1.807) is 0 Å². The van der Waals surface area contributed by atoms with Gasteiger partial charge in [-0.05, 0) is 0 Å². The monoisotopic (exact) mass is 266 g/mol. The van der Waals surface area contributed by atoms with Crippen LogP contribution in [0, 0.1) is 0 Å². The third kappa shape index (κ3) is 2.48. The molecule has 2 heterocycles. The SMILES string of the molecule is COc1nc(OC)nc(-n2cnc(C(N)=NO)n2)n1. The van der Waals surface area contributed by atoms with Crippen molar-refractivity contribution in [2.75, 3.05) is 14.2 Å². The van der Waals surface area contributed by atoms with Crippen LogP contribution in [-0.4, -0.2) is 55.0 Å². The number of amidine groups is 1. The Labute approximate surface area is 106 Å². The molecule has 0 aromatic carbocycles. The van der Waals surface area contributed by atoms with Crippen molar-refractivity contribution in [3.63, 3.8) is 0 Å². The fourth-order valence-corrected chi connectivity index (χ4v) is 1.13. The largest absolute Gasteiger partial charge is 0.467 e. The zero-order valence-corrected chi connectivity index (χ0v) is 10.0. The molecule has 0 atom stereocenters. The van der Waals surface area contributed by atoms with Crippen LogP contribution < -0.4 is 15.2 Å². The highest BCUT2D eigenvalue weighted by Gasteiger charge is 2.12. The predicted octanol–water partition coefficient (Wildman–Crippen LogP) is -1.44. The average Bonchev–Trinajstić information content (AvgIpc) is 2.95. The first-order valence-corrected chi connectivity index (χ1v) is 4.92. The van der Waals surface area contributed by atoms with Crippen LogP contribution in [0.1, 0.15) is 5.82 Å². The summed E-state index contributed by atoms with van der Waals surface area (Å²) < 4.78 is 11.0. The summed E-state index contributed by atoms with van der Waals surface area (Å²) in [6.45, 7) is 0. The Bertz CT molecular complexity index is 588. The molecule has 0 aliphatic carbocycles. The lowest BCUT2D eigenvalue weighted by Crippen LogP contribution is -2.16. The Kier molecular flexibility index (Phi) is 3.36. The van der Waals surface area contributed by atoms with Gasteiger partial charge in [-0.15, -0.1) is 10.1 Å². The average molecular weight is 266 g/mol. The Hall–Kier alpha value is -2.98. The van der Waals surface area contributed by atoms with Gasteiger partial charge in [-0.3, -0.25) is 0 Å². The molecule has 0 spiro atoms. The van der Waals surface area contributed by atoms with Crippen molar-refractivity contribution in [3.8, 4) is 18.0 Å². The molecular formula is C8H10N8O3. The van der Waals surface area contributed by atoms with Gasteiger partial charge < -0.3 is 20.4 Å². The normalized spacial score (nSPS) is 11.4. The van der Waals surface area contributed by atoms with E-state index in [2.05, 4.69) is 30.2 Å². The third-order valence-electron chi connectivity index (χ3n) is 1.98. The maximum atomic E-state index is 8.52. The molecule has 0 aliphatic heterocycles. The molecule has 0 bridgehead atoms. The molecule has 11 heteroatoms. The highest BCUT2D eigenvalue weighted by molar-refractivity contribution is 5.93. The molecule has 19 heavy (non-hydrogen) atoms. The molecule has 2 aromatic rings. The van der Waals surface area contributed by atoms with Crippen LogP contribution in [0.4, 0.5) is 0 Å². The molecule has 0 fully saturated rings. The van der Waals surface area contributed by atoms with E-state index in [0.717, 1.165) is 0 Å². The second kappa shape index (κ2) is 5.12. The van der Waals surface area contributed by atoms with E-state index in [4.69, 9.17) is 20.4 Å². The molecular weight excluding hydrogens is 256 g/mol. The van der Waals surface area contributed by atoms with Gasteiger partial charge in [0.1, 0.15) is 6.33 Å². The summed E-state index contributed by atoms with van der Waals surface area (Å²) in [5, 5.41) is 15.2. The molecule has 0 amide bonds. The first kappa shape index (κ1) is 12.5. The summed E-state index contributed by atoms with van der Waals surface area (Å²) in [4.78, 5) is 15.6. The van der Waals surface area contributed by atoms with E-state index in [1.807, 2.05) is 0 Å². The summed E-state index contributed by atoms with van der Waals surface area (Å²) in [6, 6.07) is 0.116. The maximum Gasteiger partial charge on any atom is 0.324 e. The van der Waals surface area contributed by atoms with Crippen molar-refractivity contribution >= 4 is 5.84 Å². The number of hydrogen-bond acceptors (Lipinski definition) is 9. The number of ether oxygens (including phenoxy) is 2. The molecule has 0 aliphatic rings. The summed E-state index contributed by atoms with van der Waals surface area (Å²) >= 11 is 0. The lowest BCUT2D eigenvalue weighted by atomic mass is 10.6. The van der Waals surface area contributed by atoms with E-state index >= 15 is 0 Å². The standard InChI is InChI=1S/C8H10N8O3/c1-18-7-11-6(12-8(13-7)19-2)16-3-10-5(14-16)4(9)15-17/h3,17H,1-2H3,(H2,9,15). The highest BCUT2D eigenvalue weighted by Crippen LogP contribution is 2.11. The minimum atomic E-state index is -0.230. The number of nitrogens with two attached hydrogens (primary N) is 1. The lowest BCUT2D eigenvalue weighted by molar-refractivity contribution is 0.318. The molecule has 11 nitrogen and oxygen atoms in total. The highest BCUT2D eigenvalue weighted by atomic mass is 16.5. The van der Waals surface area contributed by atoms with E-state index in [0.29, 0.717) is 0 Å². The number of hydrogen-bond donors (Lipinski definition) is 2. The third-order valence-corrected chi connectivity index (χ3v) is 1.98. The van der Waals surface area contributed by atoms with Gasteiger partial charge in [-0.1, -0.05) is 5.16 Å². The summed E-state index contributed by atoms with van der Waals surface area (Å²) in [5.74, 6) is -0.0826. The number of nitrogens with zero attached hydrogens (tertiary/aromatic N) is 7. The van der Waals surface area contributed by atoms with Crippen LogP contribution in [0.5, 0.6) is 12.0 Å². The van der Waals surface area contributed by atoms with Gasteiger partial charge in [-0.2, -0.15) is 14.6 Å². The quantitative estimate of drug-likeness (QED) is 0.294. The fraction of sp³-hybridized carbons (Fsp3) is 0.250. The van der Waals surface area contributed by atoms with Crippen LogP contribution in [-0.2, 0) is 0 Å². The van der Waals surface area contributed by atoms with Gasteiger partial charge >= 0.3 is 12.0 Å². The Morgan fingerprint density at radius 1 is 1.26 bits per heavy atom. The zero-order valence-electron chi connectivity index (χ0n) is 10.0. The molecule has 0 unspecified atom stereocenters. The molecule has 2 aromatic heterocycles. The summed E-state index contributed by atoms with van der Waals surface area (Å²) in [5.41, 5.74) is 5.36.